The van der Waals surface area contributed by atoms with Crippen molar-refractivity contribution < 1.29 is 0 Å². The lowest BCUT2D eigenvalue weighted by Crippen LogP contribution is -2.31. The number of imidazole rings is 2. The van der Waals surface area contributed by atoms with Gasteiger partial charge in [0.1, 0.15) is 0 Å². The molecule has 4 aromatic rings. The van der Waals surface area contributed by atoms with Gasteiger partial charge in [0, 0.05) is 56.8 Å². The molecule has 0 saturated carbocycles. The molecule has 0 aliphatic carbocycles. The van der Waals surface area contributed by atoms with Crippen LogP contribution in [-0.4, -0.2) is 30.4 Å². The highest BCUT2D eigenvalue weighted by Crippen LogP contribution is 2.27. The summed E-state index contributed by atoms with van der Waals surface area (Å²) in [5.41, 5.74) is 7.33. The van der Waals surface area contributed by atoms with Gasteiger partial charge in [-0.2, -0.15) is 0 Å². The Balaban J connectivity index is 1.49. The van der Waals surface area contributed by atoms with E-state index in [0.29, 0.717) is 0 Å². The van der Waals surface area contributed by atoms with Crippen molar-refractivity contribution >= 4 is 5.78 Å². The zero-order valence-corrected chi connectivity index (χ0v) is 15.8. The maximum atomic E-state index is 4.92. The van der Waals surface area contributed by atoms with Crippen LogP contribution in [0.25, 0.3) is 17.0 Å². The van der Waals surface area contributed by atoms with Crippen LogP contribution in [0, 0.1) is 6.92 Å². The zero-order valence-electron chi connectivity index (χ0n) is 15.8. The van der Waals surface area contributed by atoms with Gasteiger partial charge in [-0.05, 0) is 19.1 Å². The Morgan fingerprint density at radius 2 is 1.89 bits per heavy atom. The van der Waals surface area contributed by atoms with Crippen LogP contribution in [0.15, 0.2) is 54.9 Å². The summed E-state index contributed by atoms with van der Waals surface area (Å²) in [6.07, 6.45) is 5.10. The summed E-state index contributed by atoms with van der Waals surface area (Å²) >= 11 is 0. The average molecular weight is 357 g/mol. The lowest BCUT2D eigenvalue weighted by atomic mass is 10.1. The maximum absolute atomic E-state index is 4.92. The SMILES string of the molecule is Cc1ccc(-c2cn3c4c(n(C)c3n2)CCN(Cc2ccccn2)C4)cc1. The fourth-order valence-corrected chi connectivity index (χ4v) is 4.01. The Hall–Kier alpha value is -2.92. The number of aryl methyl sites for hydroxylation is 2. The predicted octanol–water partition coefficient (Wildman–Crippen LogP) is 3.60. The molecule has 136 valence electrons. The second-order valence-electron chi connectivity index (χ2n) is 7.40. The van der Waals surface area contributed by atoms with E-state index in [1.807, 2.05) is 12.3 Å². The van der Waals surface area contributed by atoms with Crippen LogP contribution in [0.4, 0.5) is 0 Å². The summed E-state index contributed by atoms with van der Waals surface area (Å²) in [5.74, 6) is 1.02. The van der Waals surface area contributed by atoms with E-state index in [4.69, 9.17) is 4.98 Å². The highest BCUT2D eigenvalue weighted by atomic mass is 15.2. The van der Waals surface area contributed by atoms with Crippen LogP contribution in [-0.2, 0) is 26.6 Å². The second-order valence-corrected chi connectivity index (χ2v) is 7.40. The summed E-state index contributed by atoms with van der Waals surface area (Å²) in [7, 11) is 2.13. The van der Waals surface area contributed by atoms with Crippen LogP contribution < -0.4 is 0 Å². The van der Waals surface area contributed by atoms with E-state index < -0.39 is 0 Å². The van der Waals surface area contributed by atoms with Crippen LogP contribution in [0.5, 0.6) is 0 Å². The first-order valence-corrected chi connectivity index (χ1v) is 9.44. The molecule has 0 amide bonds. The van der Waals surface area contributed by atoms with Gasteiger partial charge >= 0.3 is 0 Å². The molecular weight excluding hydrogens is 334 g/mol. The van der Waals surface area contributed by atoms with Gasteiger partial charge < -0.3 is 4.57 Å². The van der Waals surface area contributed by atoms with Gasteiger partial charge in [0.2, 0.25) is 5.78 Å². The van der Waals surface area contributed by atoms with Gasteiger partial charge in [-0.15, -0.1) is 0 Å². The average Bonchev–Trinajstić information content (AvgIpc) is 3.23. The minimum atomic E-state index is 0.885. The Kier molecular flexibility index (Phi) is 3.83. The highest BCUT2D eigenvalue weighted by Gasteiger charge is 2.24. The topological polar surface area (TPSA) is 38.4 Å². The molecule has 27 heavy (non-hydrogen) atoms. The van der Waals surface area contributed by atoms with E-state index in [-0.39, 0.29) is 0 Å². The van der Waals surface area contributed by atoms with Crippen molar-refractivity contribution in [2.24, 2.45) is 7.05 Å². The van der Waals surface area contributed by atoms with Gasteiger partial charge in [0.05, 0.1) is 17.1 Å². The van der Waals surface area contributed by atoms with Crippen LogP contribution >= 0.6 is 0 Å². The fourth-order valence-electron chi connectivity index (χ4n) is 4.01. The Labute approximate surface area is 158 Å². The minimum Gasteiger partial charge on any atom is -0.317 e. The molecule has 5 nitrogen and oxygen atoms in total. The van der Waals surface area contributed by atoms with Gasteiger partial charge in [0.15, 0.2) is 0 Å². The third-order valence-corrected chi connectivity index (χ3v) is 5.51. The number of rotatable bonds is 3. The van der Waals surface area contributed by atoms with Crippen molar-refractivity contribution in [2.75, 3.05) is 6.54 Å². The molecule has 0 saturated heterocycles. The van der Waals surface area contributed by atoms with E-state index in [9.17, 15) is 0 Å². The molecule has 5 heteroatoms. The van der Waals surface area contributed by atoms with E-state index in [1.165, 1.54) is 22.5 Å². The molecule has 0 unspecified atom stereocenters. The number of pyridine rings is 1. The maximum Gasteiger partial charge on any atom is 0.214 e. The molecule has 0 radical (unpaired) electrons. The quantitative estimate of drug-likeness (QED) is 0.562. The molecule has 0 N–H and O–H groups in total. The van der Waals surface area contributed by atoms with Gasteiger partial charge in [-0.1, -0.05) is 35.9 Å². The van der Waals surface area contributed by atoms with E-state index >= 15 is 0 Å². The number of fused-ring (bicyclic) bond motifs is 3. The van der Waals surface area contributed by atoms with E-state index in [1.54, 1.807) is 0 Å². The van der Waals surface area contributed by atoms with Crippen molar-refractivity contribution in [3.63, 3.8) is 0 Å². The van der Waals surface area contributed by atoms with E-state index in [0.717, 1.165) is 43.2 Å². The van der Waals surface area contributed by atoms with Gasteiger partial charge in [0.25, 0.3) is 0 Å². The lowest BCUT2D eigenvalue weighted by Gasteiger charge is -2.27. The Morgan fingerprint density at radius 3 is 2.67 bits per heavy atom. The van der Waals surface area contributed by atoms with Crippen LogP contribution in [0.3, 0.4) is 0 Å². The molecule has 0 bridgehead atoms. The van der Waals surface area contributed by atoms with Gasteiger partial charge in [-0.3, -0.25) is 14.3 Å². The zero-order chi connectivity index (χ0) is 18.4. The summed E-state index contributed by atoms with van der Waals surface area (Å²) < 4.78 is 4.53. The van der Waals surface area contributed by atoms with Crippen molar-refractivity contribution in [1.29, 1.82) is 0 Å². The Bertz CT molecular complexity index is 1090. The largest absolute Gasteiger partial charge is 0.317 e. The second kappa shape index (κ2) is 6.35. The summed E-state index contributed by atoms with van der Waals surface area (Å²) in [5, 5.41) is 0. The first-order valence-electron chi connectivity index (χ1n) is 9.44. The third-order valence-electron chi connectivity index (χ3n) is 5.51. The van der Waals surface area contributed by atoms with Crippen molar-refractivity contribution in [2.45, 2.75) is 26.4 Å². The van der Waals surface area contributed by atoms with Gasteiger partial charge in [-0.25, -0.2) is 4.98 Å². The van der Waals surface area contributed by atoms with Crippen LogP contribution in [0.2, 0.25) is 0 Å². The number of nitrogens with zero attached hydrogens (tertiary/aromatic N) is 5. The summed E-state index contributed by atoms with van der Waals surface area (Å²) in [6.45, 7) is 4.97. The summed E-state index contributed by atoms with van der Waals surface area (Å²) in [6, 6.07) is 14.7. The minimum absolute atomic E-state index is 0.885. The molecule has 1 aromatic carbocycles. The molecule has 5 rings (SSSR count). The van der Waals surface area contributed by atoms with E-state index in [2.05, 4.69) is 75.4 Å². The highest BCUT2D eigenvalue weighted by molar-refractivity contribution is 5.62. The Morgan fingerprint density at radius 1 is 1.04 bits per heavy atom. The van der Waals surface area contributed by atoms with Crippen LogP contribution in [0.1, 0.15) is 22.6 Å². The molecule has 1 aliphatic rings. The number of hydrogen-bond acceptors (Lipinski definition) is 3. The molecule has 1 aliphatic heterocycles. The smallest absolute Gasteiger partial charge is 0.214 e. The molecule has 0 fully saturated rings. The lowest BCUT2D eigenvalue weighted by molar-refractivity contribution is 0.236. The third kappa shape index (κ3) is 2.84. The summed E-state index contributed by atoms with van der Waals surface area (Å²) in [4.78, 5) is 11.9. The number of aromatic nitrogens is 4. The van der Waals surface area contributed by atoms with Crippen molar-refractivity contribution in [3.05, 3.63) is 77.5 Å². The fraction of sp³-hybridized carbons (Fsp3) is 0.273. The molecule has 3 aromatic heterocycles. The van der Waals surface area contributed by atoms with Crippen molar-refractivity contribution in [1.82, 2.24) is 23.8 Å². The molecule has 0 spiro atoms. The normalized spacial score (nSPS) is 14.6. The number of benzene rings is 1. The monoisotopic (exact) mass is 357 g/mol. The predicted molar refractivity (Wildman–Crippen MR) is 106 cm³/mol. The molecule has 4 heterocycles. The first kappa shape index (κ1) is 16.3. The van der Waals surface area contributed by atoms with Crippen molar-refractivity contribution in [3.8, 4) is 11.3 Å². The molecular formula is C22H23N5. The first-order chi connectivity index (χ1) is 13.2. The number of hydrogen-bond donors (Lipinski definition) is 0. The molecule has 0 atom stereocenters. The standard InChI is InChI=1S/C22H23N5/c1-16-6-8-17(9-7-16)19-14-27-21-15-26(13-18-5-3-4-11-23-18)12-10-20(21)25(2)22(27)24-19/h3-9,11,14H,10,12-13,15H2,1-2H3.